The lowest BCUT2D eigenvalue weighted by molar-refractivity contribution is -0.131. The molecule has 3 nitrogen and oxygen atoms in total. The summed E-state index contributed by atoms with van der Waals surface area (Å²) in [6.07, 6.45) is 2.09. The van der Waals surface area contributed by atoms with Gasteiger partial charge in [0.05, 0.1) is 6.61 Å². The summed E-state index contributed by atoms with van der Waals surface area (Å²) >= 11 is 0. The number of hydrogen-bond acceptors (Lipinski definition) is 2. The van der Waals surface area contributed by atoms with E-state index in [-0.39, 0.29) is 5.56 Å². The summed E-state index contributed by atoms with van der Waals surface area (Å²) in [5.74, 6) is -1.18. The van der Waals surface area contributed by atoms with Gasteiger partial charge in [0.2, 0.25) is 0 Å². The molecule has 0 saturated carbocycles. The Hall–Kier alpha value is -1.84. The third kappa shape index (κ3) is 3.42. The Bertz CT molecular complexity index is 385. The number of benzene rings is 1. The van der Waals surface area contributed by atoms with Crippen molar-refractivity contribution in [3.05, 3.63) is 35.7 Å². The lowest BCUT2D eigenvalue weighted by Gasteiger charge is -2.03. The lowest BCUT2D eigenvalue weighted by atomic mass is 10.2. The Labute approximate surface area is 86.8 Å². The second-order valence-electron chi connectivity index (χ2n) is 2.79. The smallest absolute Gasteiger partial charge is 0.328 e. The highest BCUT2D eigenvalue weighted by molar-refractivity contribution is 5.85. The third-order valence-corrected chi connectivity index (χ3v) is 1.69. The number of rotatable bonds is 4. The van der Waals surface area contributed by atoms with Crippen molar-refractivity contribution in [3.63, 3.8) is 0 Å². The van der Waals surface area contributed by atoms with Gasteiger partial charge in [-0.05, 0) is 25.1 Å². The highest BCUT2D eigenvalue weighted by Crippen LogP contribution is 2.17. The average molecular weight is 210 g/mol. The highest BCUT2D eigenvalue weighted by atomic mass is 19.1. The summed E-state index contributed by atoms with van der Waals surface area (Å²) < 4.78 is 18.4. The zero-order chi connectivity index (χ0) is 11.3. The normalized spacial score (nSPS) is 10.5. The third-order valence-electron chi connectivity index (χ3n) is 1.69. The van der Waals surface area contributed by atoms with Crippen molar-refractivity contribution in [2.75, 3.05) is 6.61 Å². The first-order valence-corrected chi connectivity index (χ1v) is 4.47. The van der Waals surface area contributed by atoms with Crippen LogP contribution in [0, 0.1) is 5.82 Å². The van der Waals surface area contributed by atoms with Gasteiger partial charge in [-0.2, -0.15) is 0 Å². The predicted octanol–water partition coefficient (Wildman–Crippen LogP) is 2.32. The standard InChI is InChI=1S/C11H11FO3/c1-2-15-9-5-3-8(10(12)7-9)4-6-11(13)14/h3-7H,2H2,1H3,(H,13,14). The van der Waals surface area contributed by atoms with E-state index in [0.29, 0.717) is 12.4 Å². The fourth-order valence-electron chi connectivity index (χ4n) is 1.06. The molecule has 0 saturated heterocycles. The number of aliphatic carboxylic acids is 1. The van der Waals surface area contributed by atoms with Crippen molar-refractivity contribution in [1.29, 1.82) is 0 Å². The van der Waals surface area contributed by atoms with E-state index < -0.39 is 11.8 Å². The minimum atomic E-state index is -1.11. The van der Waals surface area contributed by atoms with Gasteiger partial charge in [-0.1, -0.05) is 0 Å². The first-order valence-electron chi connectivity index (χ1n) is 4.47. The largest absolute Gasteiger partial charge is 0.494 e. The van der Waals surface area contributed by atoms with E-state index in [4.69, 9.17) is 9.84 Å². The molecule has 0 spiro atoms. The number of hydrogen-bond donors (Lipinski definition) is 1. The molecule has 1 rings (SSSR count). The zero-order valence-corrected chi connectivity index (χ0v) is 8.24. The van der Waals surface area contributed by atoms with Crippen LogP contribution in [0.2, 0.25) is 0 Å². The number of ether oxygens (including phenoxy) is 1. The van der Waals surface area contributed by atoms with Gasteiger partial charge in [-0.25, -0.2) is 9.18 Å². The summed E-state index contributed by atoms with van der Waals surface area (Å²) in [7, 11) is 0. The molecule has 0 heterocycles. The van der Waals surface area contributed by atoms with Crippen LogP contribution >= 0.6 is 0 Å². The topological polar surface area (TPSA) is 46.5 Å². The molecule has 0 fully saturated rings. The van der Waals surface area contributed by atoms with Crippen LogP contribution in [-0.2, 0) is 4.79 Å². The van der Waals surface area contributed by atoms with E-state index in [1.807, 2.05) is 0 Å². The summed E-state index contributed by atoms with van der Waals surface area (Å²) in [4.78, 5) is 10.2. The summed E-state index contributed by atoms with van der Waals surface area (Å²) in [5, 5.41) is 8.37. The van der Waals surface area contributed by atoms with Crippen LogP contribution in [0.25, 0.3) is 6.08 Å². The van der Waals surface area contributed by atoms with Gasteiger partial charge in [-0.15, -0.1) is 0 Å². The molecule has 0 bridgehead atoms. The maximum absolute atomic E-state index is 13.3. The first kappa shape index (κ1) is 11.2. The fraction of sp³-hybridized carbons (Fsp3) is 0.182. The predicted molar refractivity (Wildman–Crippen MR) is 54.2 cm³/mol. The average Bonchev–Trinajstić information content (AvgIpc) is 2.17. The van der Waals surface area contributed by atoms with E-state index in [9.17, 15) is 9.18 Å². The Morgan fingerprint density at radius 2 is 2.33 bits per heavy atom. The van der Waals surface area contributed by atoms with Crippen LogP contribution in [0.1, 0.15) is 12.5 Å². The SMILES string of the molecule is CCOc1ccc(C=CC(=O)O)c(F)c1. The molecule has 0 unspecified atom stereocenters. The van der Waals surface area contributed by atoms with Gasteiger partial charge in [0.15, 0.2) is 0 Å². The molecular weight excluding hydrogens is 199 g/mol. The van der Waals surface area contributed by atoms with Gasteiger partial charge in [0.1, 0.15) is 11.6 Å². The van der Waals surface area contributed by atoms with Gasteiger partial charge in [0.25, 0.3) is 0 Å². The molecule has 4 heteroatoms. The number of carbonyl (C=O) groups is 1. The van der Waals surface area contributed by atoms with Crippen molar-refractivity contribution >= 4 is 12.0 Å². The molecule has 0 aliphatic carbocycles. The molecule has 1 aromatic rings. The zero-order valence-electron chi connectivity index (χ0n) is 8.24. The first-order chi connectivity index (χ1) is 7.13. The monoisotopic (exact) mass is 210 g/mol. The summed E-state index contributed by atoms with van der Waals surface area (Å²) in [6, 6.07) is 4.29. The van der Waals surface area contributed by atoms with Crippen LogP contribution < -0.4 is 4.74 Å². The van der Waals surface area contributed by atoms with E-state index >= 15 is 0 Å². The van der Waals surface area contributed by atoms with Gasteiger partial charge in [-0.3, -0.25) is 0 Å². The van der Waals surface area contributed by atoms with E-state index in [0.717, 1.165) is 6.08 Å². The Morgan fingerprint density at radius 3 is 2.87 bits per heavy atom. The quantitative estimate of drug-likeness (QED) is 0.776. The van der Waals surface area contributed by atoms with Gasteiger partial charge < -0.3 is 9.84 Å². The van der Waals surface area contributed by atoms with E-state index in [1.54, 1.807) is 13.0 Å². The molecular formula is C11H11FO3. The van der Waals surface area contributed by atoms with Crippen molar-refractivity contribution in [3.8, 4) is 5.75 Å². The maximum Gasteiger partial charge on any atom is 0.328 e. The van der Waals surface area contributed by atoms with Gasteiger partial charge in [0, 0.05) is 17.7 Å². The van der Waals surface area contributed by atoms with Crippen LogP contribution in [0.3, 0.4) is 0 Å². The van der Waals surface area contributed by atoms with Gasteiger partial charge >= 0.3 is 5.97 Å². The Kier molecular flexibility index (Phi) is 3.85. The minimum absolute atomic E-state index is 0.223. The maximum atomic E-state index is 13.3. The van der Waals surface area contributed by atoms with Crippen molar-refractivity contribution < 1.29 is 19.0 Å². The van der Waals surface area contributed by atoms with Crippen LogP contribution in [0.4, 0.5) is 4.39 Å². The Morgan fingerprint density at radius 1 is 1.60 bits per heavy atom. The molecule has 0 aliphatic rings. The van der Waals surface area contributed by atoms with Crippen molar-refractivity contribution in [1.82, 2.24) is 0 Å². The van der Waals surface area contributed by atoms with Crippen molar-refractivity contribution in [2.45, 2.75) is 6.92 Å². The molecule has 0 radical (unpaired) electrons. The molecule has 0 amide bonds. The van der Waals surface area contributed by atoms with Crippen LogP contribution in [0.15, 0.2) is 24.3 Å². The number of carboxylic acids is 1. The minimum Gasteiger partial charge on any atom is -0.494 e. The fourth-order valence-corrected chi connectivity index (χ4v) is 1.06. The number of carboxylic acid groups (broad SMARTS) is 1. The molecule has 1 N–H and O–H groups in total. The molecule has 1 aromatic carbocycles. The van der Waals surface area contributed by atoms with Crippen molar-refractivity contribution in [2.24, 2.45) is 0 Å². The van der Waals surface area contributed by atoms with E-state index in [2.05, 4.69) is 0 Å². The van der Waals surface area contributed by atoms with E-state index in [1.165, 1.54) is 18.2 Å². The van der Waals surface area contributed by atoms with Crippen LogP contribution in [-0.4, -0.2) is 17.7 Å². The lowest BCUT2D eigenvalue weighted by Crippen LogP contribution is -1.93. The molecule has 80 valence electrons. The second-order valence-corrected chi connectivity index (χ2v) is 2.79. The molecule has 15 heavy (non-hydrogen) atoms. The summed E-state index contributed by atoms with van der Waals surface area (Å²) in [5.41, 5.74) is 0.223. The second kappa shape index (κ2) is 5.14. The number of halogens is 1. The summed E-state index contributed by atoms with van der Waals surface area (Å²) in [6.45, 7) is 2.26. The Balaban J connectivity index is 2.88. The molecule has 0 atom stereocenters. The molecule has 0 aliphatic heterocycles. The molecule has 0 aromatic heterocycles. The highest BCUT2D eigenvalue weighted by Gasteiger charge is 2.01. The van der Waals surface area contributed by atoms with Crippen LogP contribution in [0.5, 0.6) is 5.75 Å².